The van der Waals surface area contributed by atoms with Gasteiger partial charge < -0.3 is 19.9 Å². The molecule has 6 nitrogen and oxygen atoms in total. The van der Waals surface area contributed by atoms with Crippen LogP contribution in [0.1, 0.15) is 37.3 Å². The van der Waals surface area contributed by atoms with E-state index in [0.29, 0.717) is 18.5 Å². The standard InChI is InChI=1S/C28H31N5O/c29-27-26-24(23-10-4-5-11-25(23)34-18-20-8-2-1-3-9-20)17-33(28(26)31-19-30-27)22-14-21(15-22)16-32-12-6-7-13-32/h1-5,8-11,17,19,21-22H,6-7,12-16,18H2,(H2,29,30,31). The van der Waals surface area contributed by atoms with Crippen molar-refractivity contribution in [1.82, 2.24) is 19.4 Å². The van der Waals surface area contributed by atoms with Gasteiger partial charge >= 0.3 is 0 Å². The molecule has 3 heterocycles. The molecule has 2 aliphatic rings. The Kier molecular flexibility index (Phi) is 5.67. The van der Waals surface area contributed by atoms with E-state index < -0.39 is 0 Å². The summed E-state index contributed by atoms with van der Waals surface area (Å²) < 4.78 is 8.60. The Hall–Kier alpha value is -3.38. The van der Waals surface area contributed by atoms with Crippen LogP contribution in [0, 0.1) is 5.92 Å². The quantitative estimate of drug-likeness (QED) is 0.411. The van der Waals surface area contributed by atoms with Crippen LogP contribution in [0.25, 0.3) is 22.2 Å². The number of ether oxygens (including phenoxy) is 1. The summed E-state index contributed by atoms with van der Waals surface area (Å²) in [5.41, 5.74) is 10.5. The number of anilines is 1. The Labute approximate surface area is 200 Å². The number of nitrogens with two attached hydrogens (primary N) is 1. The summed E-state index contributed by atoms with van der Waals surface area (Å²) >= 11 is 0. The molecule has 34 heavy (non-hydrogen) atoms. The van der Waals surface area contributed by atoms with Crippen LogP contribution in [-0.4, -0.2) is 39.1 Å². The van der Waals surface area contributed by atoms with Crippen molar-refractivity contribution in [1.29, 1.82) is 0 Å². The van der Waals surface area contributed by atoms with Gasteiger partial charge in [-0.15, -0.1) is 0 Å². The van der Waals surface area contributed by atoms with Crippen LogP contribution in [-0.2, 0) is 6.61 Å². The average Bonchev–Trinajstić information content (AvgIpc) is 3.49. The normalized spacial score (nSPS) is 20.5. The lowest BCUT2D eigenvalue weighted by atomic mass is 9.79. The maximum Gasteiger partial charge on any atom is 0.146 e. The summed E-state index contributed by atoms with van der Waals surface area (Å²) in [6.07, 6.45) is 8.88. The molecule has 0 spiro atoms. The predicted octanol–water partition coefficient (Wildman–Crippen LogP) is 5.31. The molecular formula is C28H31N5O. The minimum atomic E-state index is 0.454. The van der Waals surface area contributed by atoms with Gasteiger partial charge in [-0.3, -0.25) is 0 Å². The van der Waals surface area contributed by atoms with E-state index in [9.17, 15) is 0 Å². The summed E-state index contributed by atoms with van der Waals surface area (Å²) in [5, 5.41) is 0.918. The molecule has 4 aromatic rings. The van der Waals surface area contributed by atoms with E-state index in [1.165, 1.54) is 45.3 Å². The molecule has 2 aromatic heterocycles. The molecule has 1 aliphatic carbocycles. The van der Waals surface area contributed by atoms with Crippen molar-refractivity contribution in [2.24, 2.45) is 5.92 Å². The average molecular weight is 454 g/mol. The molecule has 0 unspecified atom stereocenters. The van der Waals surface area contributed by atoms with Gasteiger partial charge in [0.1, 0.15) is 30.1 Å². The minimum Gasteiger partial charge on any atom is -0.488 e. The highest BCUT2D eigenvalue weighted by Gasteiger charge is 2.34. The fraction of sp³-hybridized carbons (Fsp3) is 0.357. The van der Waals surface area contributed by atoms with Crippen molar-refractivity contribution >= 4 is 16.9 Å². The molecule has 2 aromatic carbocycles. The number of likely N-dealkylation sites (tertiary alicyclic amines) is 1. The number of para-hydroxylation sites is 1. The van der Waals surface area contributed by atoms with E-state index in [0.717, 1.165) is 39.4 Å². The fourth-order valence-corrected chi connectivity index (χ4v) is 5.55. The monoisotopic (exact) mass is 453 g/mol. The highest BCUT2D eigenvalue weighted by molar-refractivity contribution is 6.01. The Balaban J connectivity index is 1.30. The molecule has 1 saturated carbocycles. The first-order valence-corrected chi connectivity index (χ1v) is 12.4. The maximum atomic E-state index is 6.41. The Morgan fingerprint density at radius 1 is 0.912 bits per heavy atom. The van der Waals surface area contributed by atoms with Crippen molar-refractivity contribution < 1.29 is 4.74 Å². The molecule has 6 rings (SSSR count). The number of hydrogen-bond acceptors (Lipinski definition) is 5. The second kappa shape index (κ2) is 9.11. The molecular weight excluding hydrogens is 422 g/mol. The Morgan fingerprint density at radius 3 is 2.50 bits per heavy atom. The zero-order valence-corrected chi connectivity index (χ0v) is 19.4. The second-order valence-electron chi connectivity index (χ2n) is 9.68. The Bertz CT molecular complexity index is 1270. The van der Waals surface area contributed by atoms with Gasteiger partial charge in [-0.05, 0) is 56.3 Å². The van der Waals surface area contributed by atoms with Gasteiger partial charge in [0.15, 0.2) is 0 Å². The largest absolute Gasteiger partial charge is 0.488 e. The molecule has 0 amide bonds. The van der Waals surface area contributed by atoms with Crippen molar-refractivity contribution in [3.05, 3.63) is 72.7 Å². The summed E-state index contributed by atoms with van der Waals surface area (Å²) in [7, 11) is 0. The summed E-state index contributed by atoms with van der Waals surface area (Å²) in [6, 6.07) is 18.9. The minimum absolute atomic E-state index is 0.454. The van der Waals surface area contributed by atoms with Crippen LogP contribution in [0.4, 0.5) is 5.82 Å². The van der Waals surface area contributed by atoms with Crippen LogP contribution in [0.15, 0.2) is 67.1 Å². The number of fused-ring (bicyclic) bond motifs is 1. The zero-order chi connectivity index (χ0) is 22.9. The van der Waals surface area contributed by atoms with Crippen molar-refractivity contribution in [2.75, 3.05) is 25.4 Å². The number of benzene rings is 2. The number of aromatic nitrogens is 3. The SMILES string of the molecule is Nc1ncnc2c1c(-c1ccccc1OCc1ccccc1)cn2C1CC(CN2CCCC2)C1. The molecule has 0 radical (unpaired) electrons. The molecule has 2 fully saturated rings. The van der Waals surface area contributed by atoms with E-state index >= 15 is 0 Å². The van der Waals surface area contributed by atoms with Crippen LogP contribution >= 0.6 is 0 Å². The van der Waals surface area contributed by atoms with Crippen LogP contribution in [0.5, 0.6) is 5.75 Å². The van der Waals surface area contributed by atoms with Gasteiger partial charge in [-0.1, -0.05) is 48.5 Å². The topological polar surface area (TPSA) is 69.2 Å². The first-order valence-electron chi connectivity index (χ1n) is 12.4. The molecule has 2 N–H and O–H groups in total. The third-order valence-electron chi connectivity index (χ3n) is 7.37. The Morgan fingerprint density at radius 2 is 1.68 bits per heavy atom. The lowest BCUT2D eigenvalue weighted by molar-refractivity contribution is 0.145. The summed E-state index contributed by atoms with van der Waals surface area (Å²) in [4.78, 5) is 11.6. The number of nitrogens with zero attached hydrogens (tertiary/aromatic N) is 4. The number of rotatable bonds is 7. The molecule has 174 valence electrons. The third kappa shape index (κ3) is 4.03. The molecule has 0 atom stereocenters. The van der Waals surface area contributed by atoms with Crippen molar-refractivity contribution in [3.63, 3.8) is 0 Å². The molecule has 6 heteroatoms. The fourth-order valence-electron chi connectivity index (χ4n) is 5.55. The summed E-state index contributed by atoms with van der Waals surface area (Å²) in [6.45, 7) is 4.28. The van der Waals surface area contributed by atoms with Gasteiger partial charge in [0.25, 0.3) is 0 Å². The lowest BCUT2D eigenvalue weighted by Crippen LogP contribution is -2.35. The van der Waals surface area contributed by atoms with Crippen LogP contribution < -0.4 is 10.5 Å². The van der Waals surface area contributed by atoms with E-state index in [4.69, 9.17) is 10.5 Å². The van der Waals surface area contributed by atoms with Gasteiger partial charge in [-0.2, -0.15) is 0 Å². The number of hydrogen-bond donors (Lipinski definition) is 1. The van der Waals surface area contributed by atoms with Gasteiger partial charge in [0, 0.05) is 29.9 Å². The molecule has 1 aliphatic heterocycles. The third-order valence-corrected chi connectivity index (χ3v) is 7.37. The highest BCUT2D eigenvalue weighted by atomic mass is 16.5. The molecule has 1 saturated heterocycles. The predicted molar refractivity (Wildman–Crippen MR) is 136 cm³/mol. The van der Waals surface area contributed by atoms with Crippen LogP contribution in [0.3, 0.4) is 0 Å². The molecule has 0 bridgehead atoms. The van der Waals surface area contributed by atoms with Crippen molar-refractivity contribution in [2.45, 2.75) is 38.3 Å². The second-order valence-corrected chi connectivity index (χ2v) is 9.68. The smallest absolute Gasteiger partial charge is 0.146 e. The van der Waals surface area contributed by atoms with Gasteiger partial charge in [0.2, 0.25) is 0 Å². The highest BCUT2D eigenvalue weighted by Crippen LogP contribution is 2.44. The lowest BCUT2D eigenvalue weighted by Gasteiger charge is -2.38. The maximum absolute atomic E-state index is 6.41. The van der Waals surface area contributed by atoms with Gasteiger partial charge in [-0.25, -0.2) is 9.97 Å². The van der Waals surface area contributed by atoms with E-state index in [-0.39, 0.29) is 0 Å². The number of nitrogen functional groups attached to an aromatic ring is 1. The first kappa shape index (κ1) is 21.2. The van der Waals surface area contributed by atoms with E-state index in [1.54, 1.807) is 6.33 Å². The summed E-state index contributed by atoms with van der Waals surface area (Å²) in [5.74, 6) is 2.13. The zero-order valence-electron chi connectivity index (χ0n) is 19.4. The van der Waals surface area contributed by atoms with Crippen molar-refractivity contribution in [3.8, 4) is 16.9 Å². The van der Waals surface area contributed by atoms with Crippen LogP contribution in [0.2, 0.25) is 0 Å². The van der Waals surface area contributed by atoms with E-state index in [1.807, 2.05) is 36.4 Å². The first-order chi connectivity index (χ1) is 16.8. The van der Waals surface area contributed by atoms with E-state index in [2.05, 4.69) is 43.8 Å². The van der Waals surface area contributed by atoms with Gasteiger partial charge in [0.05, 0.1) is 5.39 Å².